The van der Waals surface area contributed by atoms with Crippen LogP contribution in [0.4, 0.5) is 0 Å². The van der Waals surface area contributed by atoms with Crippen LogP contribution in [-0.2, 0) is 11.3 Å². The Bertz CT molecular complexity index is 431. The Morgan fingerprint density at radius 2 is 1.67 bits per heavy atom. The van der Waals surface area contributed by atoms with Gasteiger partial charge in [0.05, 0.1) is 26.4 Å². The summed E-state index contributed by atoms with van der Waals surface area (Å²) in [4.78, 5) is 4.93. The van der Waals surface area contributed by atoms with Crippen LogP contribution in [-0.4, -0.2) is 74.1 Å². The minimum Gasteiger partial charge on any atom is -0.494 e. The van der Waals surface area contributed by atoms with Gasteiger partial charge in [0, 0.05) is 39.3 Å². The van der Waals surface area contributed by atoms with Gasteiger partial charge in [-0.1, -0.05) is 25.5 Å². The monoisotopic (exact) mass is 336 g/mol. The van der Waals surface area contributed by atoms with Crippen molar-refractivity contribution >= 4 is 0 Å². The summed E-state index contributed by atoms with van der Waals surface area (Å²) in [6.45, 7) is 10.6. The molecule has 5 nitrogen and oxygen atoms in total. The van der Waals surface area contributed by atoms with Gasteiger partial charge < -0.3 is 14.6 Å². The van der Waals surface area contributed by atoms with Gasteiger partial charge in [0.2, 0.25) is 0 Å². The number of aliphatic hydroxyl groups is 1. The molecule has 0 aliphatic carbocycles. The van der Waals surface area contributed by atoms with Crippen molar-refractivity contribution < 1.29 is 14.6 Å². The first-order valence-corrected chi connectivity index (χ1v) is 9.17. The Kier molecular flexibility index (Phi) is 9.13. The molecule has 1 heterocycles. The lowest BCUT2D eigenvalue weighted by molar-refractivity contribution is 0.0564. The molecule has 5 heteroatoms. The number of hydrogen-bond donors (Lipinski definition) is 1. The molecule has 1 aliphatic rings. The molecule has 0 amide bonds. The van der Waals surface area contributed by atoms with Crippen LogP contribution in [0.3, 0.4) is 0 Å². The van der Waals surface area contributed by atoms with E-state index in [1.54, 1.807) is 0 Å². The lowest BCUT2D eigenvalue weighted by atomic mass is 10.2. The maximum absolute atomic E-state index is 8.70. The highest BCUT2D eigenvalue weighted by atomic mass is 16.5. The van der Waals surface area contributed by atoms with E-state index in [9.17, 15) is 0 Å². The molecular formula is C19H32N2O3. The summed E-state index contributed by atoms with van der Waals surface area (Å²) in [5, 5.41) is 8.70. The Morgan fingerprint density at radius 3 is 2.33 bits per heavy atom. The summed E-state index contributed by atoms with van der Waals surface area (Å²) < 4.78 is 11.0. The maximum Gasteiger partial charge on any atom is 0.119 e. The predicted molar refractivity (Wildman–Crippen MR) is 96.5 cm³/mol. The molecule has 0 radical (unpaired) electrons. The lowest BCUT2D eigenvalue weighted by Crippen LogP contribution is -2.46. The summed E-state index contributed by atoms with van der Waals surface area (Å²) in [7, 11) is 0. The molecule has 0 bridgehead atoms. The second-order valence-corrected chi connectivity index (χ2v) is 6.30. The third-order valence-electron chi connectivity index (χ3n) is 4.35. The average Bonchev–Trinajstić information content (AvgIpc) is 2.62. The van der Waals surface area contributed by atoms with E-state index in [4.69, 9.17) is 14.6 Å². The molecule has 0 atom stereocenters. The highest BCUT2D eigenvalue weighted by molar-refractivity contribution is 5.27. The quantitative estimate of drug-likeness (QED) is 0.626. The van der Waals surface area contributed by atoms with Gasteiger partial charge in [-0.15, -0.1) is 0 Å². The molecule has 1 aromatic rings. The van der Waals surface area contributed by atoms with Crippen molar-refractivity contribution in [3.05, 3.63) is 29.8 Å². The van der Waals surface area contributed by atoms with E-state index in [1.165, 1.54) is 5.56 Å². The molecule has 136 valence electrons. The third-order valence-corrected chi connectivity index (χ3v) is 4.35. The molecule has 2 rings (SSSR count). The zero-order chi connectivity index (χ0) is 17.0. The van der Waals surface area contributed by atoms with Crippen molar-refractivity contribution in [1.82, 2.24) is 9.80 Å². The third kappa shape index (κ3) is 7.18. The standard InChI is InChI=1S/C19H32N2O3/c1-2-3-14-24-19-6-4-18(5-7-19)17-21-10-8-20(9-11-21)12-15-23-16-13-22/h4-7,22H,2-3,8-17H2,1H3. The van der Waals surface area contributed by atoms with Crippen LogP contribution in [0.2, 0.25) is 0 Å². The molecule has 0 spiro atoms. The van der Waals surface area contributed by atoms with Crippen LogP contribution in [0.25, 0.3) is 0 Å². The van der Waals surface area contributed by atoms with Crippen molar-refractivity contribution in [2.24, 2.45) is 0 Å². The van der Waals surface area contributed by atoms with Gasteiger partial charge in [0.1, 0.15) is 5.75 Å². The van der Waals surface area contributed by atoms with E-state index < -0.39 is 0 Å². The number of ether oxygens (including phenoxy) is 2. The molecule has 1 saturated heterocycles. The molecule has 0 saturated carbocycles. The number of hydrogen-bond acceptors (Lipinski definition) is 5. The smallest absolute Gasteiger partial charge is 0.119 e. The summed E-state index contributed by atoms with van der Waals surface area (Å²) in [5.41, 5.74) is 1.34. The van der Waals surface area contributed by atoms with E-state index in [1.807, 2.05) is 0 Å². The van der Waals surface area contributed by atoms with Crippen molar-refractivity contribution in [3.8, 4) is 5.75 Å². The van der Waals surface area contributed by atoms with Crippen LogP contribution in [0.5, 0.6) is 5.75 Å². The molecular weight excluding hydrogens is 304 g/mol. The van der Waals surface area contributed by atoms with Crippen molar-refractivity contribution in [2.75, 3.05) is 59.2 Å². The van der Waals surface area contributed by atoms with E-state index in [2.05, 4.69) is 41.0 Å². The van der Waals surface area contributed by atoms with E-state index in [-0.39, 0.29) is 6.61 Å². The second-order valence-electron chi connectivity index (χ2n) is 6.30. The second kappa shape index (κ2) is 11.4. The number of nitrogens with zero attached hydrogens (tertiary/aromatic N) is 2. The van der Waals surface area contributed by atoms with Gasteiger partial charge in [-0.3, -0.25) is 9.80 Å². The minimum atomic E-state index is 0.107. The molecule has 24 heavy (non-hydrogen) atoms. The Labute approximate surface area is 146 Å². The number of benzene rings is 1. The van der Waals surface area contributed by atoms with Gasteiger partial charge in [-0.05, 0) is 24.1 Å². The van der Waals surface area contributed by atoms with Crippen molar-refractivity contribution in [3.63, 3.8) is 0 Å². The summed E-state index contributed by atoms with van der Waals surface area (Å²) >= 11 is 0. The van der Waals surface area contributed by atoms with Gasteiger partial charge in [0.25, 0.3) is 0 Å². The fourth-order valence-electron chi connectivity index (χ4n) is 2.81. The van der Waals surface area contributed by atoms with Gasteiger partial charge in [0.15, 0.2) is 0 Å². The van der Waals surface area contributed by atoms with Gasteiger partial charge >= 0.3 is 0 Å². The molecule has 0 aromatic heterocycles. The zero-order valence-corrected chi connectivity index (χ0v) is 15.0. The molecule has 1 fully saturated rings. The highest BCUT2D eigenvalue weighted by Gasteiger charge is 2.16. The summed E-state index contributed by atoms with van der Waals surface area (Å²) in [6.07, 6.45) is 2.27. The lowest BCUT2D eigenvalue weighted by Gasteiger charge is -2.34. The number of unbranched alkanes of at least 4 members (excludes halogenated alkanes) is 1. The predicted octanol–water partition coefficient (Wildman–Crippen LogP) is 1.99. The zero-order valence-electron chi connectivity index (χ0n) is 15.0. The highest BCUT2D eigenvalue weighted by Crippen LogP contribution is 2.15. The fourth-order valence-corrected chi connectivity index (χ4v) is 2.81. The Morgan fingerprint density at radius 1 is 0.958 bits per heavy atom. The Balaban J connectivity index is 1.64. The topological polar surface area (TPSA) is 45.2 Å². The fraction of sp³-hybridized carbons (Fsp3) is 0.684. The van der Waals surface area contributed by atoms with Gasteiger partial charge in [-0.2, -0.15) is 0 Å². The van der Waals surface area contributed by atoms with Crippen LogP contribution in [0.1, 0.15) is 25.3 Å². The number of piperazine rings is 1. The normalized spacial score (nSPS) is 16.4. The number of rotatable bonds is 11. The van der Waals surface area contributed by atoms with Crippen LogP contribution in [0, 0.1) is 0 Å². The molecule has 0 unspecified atom stereocenters. The van der Waals surface area contributed by atoms with Crippen LogP contribution in [0.15, 0.2) is 24.3 Å². The van der Waals surface area contributed by atoms with E-state index >= 15 is 0 Å². The first kappa shape index (κ1) is 19.2. The van der Waals surface area contributed by atoms with Crippen LogP contribution < -0.4 is 4.74 Å². The van der Waals surface area contributed by atoms with Gasteiger partial charge in [-0.25, -0.2) is 0 Å². The molecule has 1 N–H and O–H groups in total. The largest absolute Gasteiger partial charge is 0.494 e. The average molecular weight is 336 g/mol. The SMILES string of the molecule is CCCCOc1ccc(CN2CCN(CCOCCO)CC2)cc1. The van der Waals surface area contributed by atoms with E-state index in [0.29, 0.717) is 13.2 Å². The first-order valence-electron chi connectivity index (χ1n) is 9.17. The van der Waals surface area contributed by atoms with Crippen molar-refractivity contribution in [1.29, 1.82) is 0 Å². The van der Waals surface area contributed by atoms with Crippen molar-refractivity contribution in [2.45, 2.75) is 26.3 Å². The number of aliphatic hydroxyl groups excluding tert-OH is 1. The maximum atomic E-state index is 8.70. The minimum absolute atomic E-state index is 0.107. The molecule has 1 aromatic carbocycles. The van der Waals surface area contributed by atoms with E-state index in [0.717, 1.165) is 64.5 Å². The van der Waals surface area contributed by atoms with Crippen LogP contribution >= 0.6 is 0 Å². The molecule has 1 aliphatic heterocycles. The Hall–Kier alpha value is -1.14. The first-order chi connectivity index (χ1) is 11.8. The summed E-state index contributed by atoms with van der Waals surface area (Å²) in [5.74, 6) is 0.972. The summed E-state index contributed by atoms with van der Waals surface area (Å²) in [6, 6.07) is 8.52.